The summed E-state index contributed by atoms with van der Waals surface area (Å²) in [5.41, 5.74) is 2.23. The molecular formula is C33H31BrF3N5O3. The second-order valence-corrected chi connectivity index (χ2v) is 11.1. The van der Waals surface area contributed by atoms with Gasteiger partial charge in [-0.25, -0.2) is 0 Å². The summed E-state index contributed by atoms with van der Waals surface area (Å²) in [6, 6.07) is 24.8. The lowest BCUT2D eigenvalue weighted by Gasteiger charge is -2.26. The van der Waals surface area contributed by atoms with Crippen LogP contribution in [0, 0.1) is 0 Å². The van der Waals surface area contributed by atoms with Gasteiger partial charge < -0.3 is 14.2 Å². The zero-order valence-corrected chi connectivity index (χ0v) is 26.5. The monoisotopic (exact) mass is 681 g/mol. The van der Waals surface area contributed by atoms with Gasteiger partial charge in [0, 0.05) is 29.7 Å². The maximum Gasteiger partial charge on any atom is 0.416 e. The molecule has 0 saturated heterocycles. The van der Waals surface area contributed by atoms with Crippen LogP contribution < -0.4 is 14.2 Å². The van der Waals surface area contributed by atoms with Crippen LogP contribution in [0.4, 0.5) is 13.2 Å². The molecule has 0 fully saturated rings. The Kier molecular flexibility index (Phi) is 10.0. The second kappa shape index (κ2) is 14.1. The Hall–Kier alpha value is -4.42. The van der Waals surface area contributed by atoms with Crippen LogP contribution in [0.2, 0.25) is 0 Å². The zero-order valence-electron chi connectivity index (χ0n) is 24.9. The quantitative estimate of drug-likeness (QED) is 0.136. The first-order valence-electron chi connectivity index (χ1n) is 13.9. The van der Waals surface area contributed by atoms with E-state index in [0.29, 0.717) is 34.8 Å². The smallest absolute Gasteiger partial charge is 0.416 e. The molecule has 234 valence electrons. The van der Waals surface area contributed by atoms with E-state index in [1.165, 1.54) is 10.9 Å². The minimum absolute atomic E-state index is 0.0443. The van der Waals surface area contributed by atoms with Gasteiger partial charge in [-0.2, -0.15) is 18.0 Å². The number of halogens is 4. The molecule has 12 heteroatoms. The molecule has 5 aromatic rings. The molecule has 0 bridgehead atoms. The number of hydrogen-bond acceptors (Lipinski definition) is 7. The van der Waals surface area contributed by atoms with Gasteiger partial charge in [-0.1, -0.05) is 52.3 Å². The number of hydrogen-bond donors (Lipinski definition) is 0. The summed E-state index contributed by atoms with van der Waals surface area (Å²) in [5, 5.41) is 12.8. The summed E-state index contributed by atoms with van der Waals surface area (Å²) in [4.78, 5) is 3.31. The van der Waals surface area contributed by atoms with Crippen LogP contribution in [0.25, 0.3) is 11.4 Å². The van der Waals surface area contributed by atoms with Gasteiger partial charge >= 0.3 is 6.18 Å². The SMILES string of the molecule is COc1ccc(CN(Cc2ccc(OC)cc2)Cc2c(C(F)(F)F)ccc(Br)c2-c2nnn(Cc3ccc(OC)cc3)n2)cc1. The molecule has 0 aliphatic heterocycles. The largest absolute Gasteiger partial charge is 0.497 e. The van der Waals surface area contributed by atoms with Gasteiger partial charge in [0.2, 0.25) is 5.82 Å². The molecule has 0 radical (unpaired) electrons. The summed E-state index contributed by atoms with van der Waals surface area (Å²) in [6.45, 7) is 0.979. The Morgan fingerprint density at radius 2 is 1.18 bits per heavy atom. The molecule has 5 rings (SSSR count). The van der Waals surface area contributed by atoms with Crippen molar-refractivity contribution in [2.45, 2.75) is 32.4 Å². The van der Waals surface area contributed by atoms with Gasteiger partial charge in [0.25, 0.3) is 0 Å². The van der Waals surface area contributed by atoms with E-state index in [9.17, 15) is 13.2 Å². The predicted molar refractivity (Wildman–Crippen MR) is 167 cm³/mol. The number of aromatic nitrogens is 4. The summed E-state index contributed by atoms with van der Waals surface area (Å²) < 4.78 is 59.9. The lowest BCUT2D eigenvalue weighted by atomic mass is 9.98. The Balaban J connectivity index is 1.53. The molecule has 0 N–H and O–H groups in total. The Labute approximate surface area is 267 Å². The van der Waals surface area contributed by atoms with Gasteiger partial charge in [0.1, 0.15) is 17.2 Å². The van der Waals surface area contributed by atoms with Crippen molar-refractivity contribution in [3.05, 3.63) is 117 Å². The number of benzene rings is 4. The van der Waals surface area contributed by atoms with Crippen LogP contribution in [0.3, 0.4) is 0 Å². The number of methoxy groups -OCH3 is 3. The molecule has 1 heterocycles. The second-order valence-electron chi connectivity index (χ2n) is 10.3. The van der Waals surface area contributed by atoms with Crippen molar-refractivity contribution >= 4 is 15.9 Å². The molecule has 0 aliphatic carbocycles. The number of nitrogens with zero attached hydrogens (tertiary/aromatic N) is 5. The fourth-order valence-corrected chi connectivity index (χ4v) is 5.51. The molecule has 45 heavy (non-hydrogen) atoms. The fraction of sp³-hybridized carbons (Fsp3) is 0.242. The normalized spacial score (nSPS) is 11.6. The third kappa shape index (κ3) is 8.00. The van der Waals surface area contributed by atoms with E-state index in [0.717, 1.165) is 22.8 Å². The molecule has 8 nitrogen and oxygen atoms in total. The van der Waals surface area contributed by atoms with Crippen LogP contribution in [-0.2, 0) is 32.4 Å². The van der Waals surface area contributed by atoms with E-state index in [-0.39, 0.29) is 30.0 Å². The third-order valence-electron chi connectivity index (χ3n) is 7.24. The maximum absolute atomic E-state index is 14.6. The molecule has 1 aromatic heterocycles. The first-order chi connectivity index (χ1) is 21.7. The summed E-state index contributed by atoms with van der Waals surface area (Å²) in [6.07, 6.45) is -4.62. The summed E-state index contributed by atoms with van der Waals surface area (Å²) >= 11 is 3.49. The average Bonchev–Trinajstić information content (AvgIpc) is 3.49. The molecule has 0 spiro atoms. The van der Waals surface area contributed by atoms with Gasteiger partial charge in [0.15, 0.2) is 0 Å². The summed E-state index contributed by atoms with van der Waals surface area (Å²) in [5.74, 6) is 2.18. The Morgan fingerprint density at radius 1 is 0.689 bits per heavy atom. The number of tetrazole rings is 1. The minimum Gasteiger partial charge on any atom is -0.497 e. The summed E-state index contributed by atoms with van der Waals surface area (Å²) in [7, 11) is 4.75. The molecule has 0 amide bonds. The Morgan fingerprint density at radius 3 is 1.64 bits per heavy atom. The van der Waals surface area contributed by atoms with E-state index >= 15 is 0 Å². The molecule has 0 saturated carbocycles. The molecule has 4 aromatic carbocycles. The van der Waals surface area contributed by atoms with Crippen molar-refractivity contribution in [3.8, 4) is 28.6 Å². The topological polar surface area (TPSA) is 74.5 Å². The standard InChI is InChI=1S/C33H31BrF3N5O3/c1-43-25-10-4-22(5-11-25)18-41(19-23-6-12-26(44-2)13-7-23)21-28-29(33(35,36)37)16-17-30(34)31(28)32-38-40-42(39-32)20-24-8-14-27(45-3)15-9-24/h4-17H,18-21H2,1-3H3. The predicted octanol–water partition coefficient (Wildman–Crippen LogP) is 7.40. The van der Waals surface area contributed by atoms with Gasteiger partial charge in [-0.3, -0.25) is 4.90 Å². The maximum atomic E-state index is 14.6. The van der Waals surface area contributed by atoms with Gasteiger partial charge in [-0.05, 0) is 76.0 Å². The average molecular weight is 683 g/mol. The highest BCUT2D eigenvalue weighted by Crippen LogP contribution is 2.40. The molecule has 0 atom stereocenters. The minimum atomic E-state index is -4.62. The first kappa shape index (κ1) is 32.0. The van der Waals surface area contributed by atoms with E-state index in [4.69, 9.17) is 14.2 Å². The number of rotatable bonds is 12. The highest BCUT2D eigenvalue weighted by Gasteiger charge is 2.36. The van der Waals surface area contributed by atoms with Crippen LogP contribution in [0.15, 0.2) is 89.4 Å². The van der Waals surface area contributed by atoms with E-state index in [2.05, 4.69) is 31.3 Å². The lowest BCUT2D eigenvalue weighted by Crippen LogP contribution is -2.25. The number of ether oxygens (including phenoxy) is 3. The van der Waals surface area contributed by atoms with Crippen molar-refractivity contribution in [1.29, 1.82) is 0 Å². The van der Waals surface area contributed by atoms with Crippen molar-refractivity contribution < 1.29 is 27.4 Å². The molecular weight excluding hydrogens is 651 g/mol. The van der Waals surface area contributed by atoms with Crippen molar-refractivity contribution in [2.24, 2.45) is 0 Å². The number of alkyl halides is 3. The van der Waals surface area contributed by atoms with E-state index in [1.807, 2.05) is 77.7 Å². The Bertz CT molecular complexity index is 1660. The highest BCUT2D eigenvalue weighted by atomic mass is 79.9. The lowest BCUT2D eigenvalue weighted by molar-refractivity contribution is -0.138. The van der Waals surface area contributed by atoms with Crippen molar-refractivity contribution in [1.82, 2.24) is 25.1 Å². The van der Waals surface area contributed by atoms with E-state index in [1.54, 1.807) is 21.3 Å². The van der Waals surface area contributed by atoms with Gasteiger partial charge in [0.05, 0.1) is 33.4 Å². The first-order valence-corrected chi connectivity index (χ1v) is 14.7. The zero-order chi connectivity index (χ0) is 32.0. The van der Waals surface area contributed by atoms with Gasteiger partial charge in [-0.15, -0.1) is 10.2 Å². The van der Waals surface area contributed by atoms with Crippen LogP contribution in [-0.4, -0.2) is 46.4 Å². The van der Waals surface area contributed by atoms with Crippen molar-refractivity contribution in [3.63, 3.8) is 0 Å². The molecule has 0 unspecified atom stereocenters. The van der Waals surface area contributed by atoms with Crippen LogP contribution >= 0.6 is 15.9 Å². The van der Waals surface area contributed by atoms with Crippen molar-refractivity contribution in [2.75, 3.05) is 21.3 Å². The third-order valence-corrected chi connectivity index (χ3v) is 7.90. The fourth-order valence-electron chi connectivity index (χ4n) is 4.96. The van der Waals surface area contributed by atoms with Crippen LogP contribution in [0.1, 0.15) is 27.8 Å². The van der Waals surface area contributed by atoms with Crippen LogP contribution in [0.5, 0.6) is 17.2 Å². The van der Waals surface area contributed by atoms with E-state index < -0.39 is 11.7 Å². The highest BCUT2D eigenvalue weighted by molar-refractivity contribution is 9.10. The molecule has 0 aliphatic rings.